The van der Waals surface area contributed by atoms with Crippen molar-refractivity contribution < 1.29 is 23.4 Å². The Morgan fingerprint density at radius 2 is 1.90 bits per heavy atom. The second-order valence-electron chi connectivity index (χ2n) is 4.92. The van der Waals surface area contributed by atoms with Crippen molar-refractivity contribution in [3.05, 3.63) is 35.9 Å². The van der Waals surface area contributed by atoms with Gasteiger partial charge >= 0.3 is 5.97 Å². The van der Waals surface area contributed by atoms with E-state index in [1.54, 1.807) is 13.8 Å². The molecule has 21 heavy (non-hydrogen) atoms. The van der Waals surface area contributed by atoms with Gasteiger partial charge < -0.3 is 10.2 Å². The zero-order chi connectivity index (χ0) is 16.1. The third-order valence-electron chi connectivity index (χ3n) is 3.12. The number of carboxylic acids is 1. The first-order valence-corrected chi connectivity index (χ1v) is 7.86. The van der Waals surface area contributed by atoms with E-state index in [-0.39, 0.29) is 11.5 Å². The zero-order valence-electron chi connectivity index (χ0n) is 11.9. The standard InChI is InChI=1S/C14H19NO5S/c1-3-14(2,10-16)15-21(19,20)12-7-4-11(5-8-12)6-9-13(17)18/h4-9,15-16H,3,10H2,1-2H3,(H,17,18). The number of nitrogens with one attached hydrogen (secondary N) is 1. The first-order chi connectivity index (χ1) is 9.72. The fourth-order valence-corrected chi connectivity index (χ4v) is 3.00. The largest absolute Gasteiger partial charge is 0.478 e. The number of hydrogen-bond acceptors (Lipinski definition) is 4. The summed E-state index contributed by atoms with van der Waals surface area (Å²) in [5.41, 5.74) is -0.336. The molecule has 0 aromatic heterocycles. The van der Waals surface area contributed by atoms with Crippen LogP contribution in [-0.2, 0) is 14.8 Å². The van der Waals surface area contributed by atoms with Gasteiger partial charge in [0.25, 0.3) is 0 Å². The minimum absolute atomic E-state index is 0.0584. The highest BCUT2D eigenvalue weighted by molar-refractivity contribution is 7.89. The molecule has 0 aliphatic rings. The van der Waals surface area contributed by atoms with Crippen molar-refractivity contribution in [1.82, 2.24) is 4.72 Å². The molecular formula is C14H19NO5S. The van der Waals surface area contributed by atoms with Gasteiger partial charge in [0.1, 0.15) is 0 Å². The third kappa shape index (κ3) is 4.96. The second kappa shape index (κ2) is 6.84. The molecule has 7 heteroatoms. The number of hydrogen-bond donors (Lipinski definition) is 3. The van der Waals surface area contributed by atoms with E-state index in [9.17, 15) is 18.3 Å². The van der Waals surface area contributed by atoms with Crippen molar-refractivity contribution in [3.8, 4) is 0 Å². The lowest BCUT2D eigenvalue weighted by Crippen LogP contribution is -2.48. The van der Waals surface area contributed by atoms with Crippen LogP contribution in [0.3, 0.4) is 0 Å². The van der Waals surface area contributed by atoms with Gasteiger partial charge in [-0.05, 0) is 37.1 Å². The molecule has 0 aliphatic heterocycles. The van der Waals surface area contributed by atoms with Gasteiger partial charge in [-0.2, -0.15) is 0 Å². The fourth-order valence-electron chi connectivity index (χ4n) is 1.53. The Balaban J connectivity index is 2.97. The smallest absolute Gasteiger partial charge is 0.328 e. The van der Waals surface area contributed by atoms with Crippen molar-refractivity contribution in [1.29, 1.82) is 0 Å². The number of aliphatic hydroxyl groups excluding tert-OH is 1. The maximum absolute atomic E-state index is 12.2. The predicted molar refractivity (Wildman–Crippen MR) is 79.2 cm³/mol. The number of benzene rings is 1. The van der Waals surface area contributed by atoms with Gasteiger partial charge in [0.05, 0.1) is 17.0 Å². The average molecular weight is 313 g/mol. The highest BCUT2D eigenvalue weighted by Gasteiger charge is 2.28. The summed E-state index contributed by atoms with van der Waals surface area (Å²) >= 11 is 0. The van der Waals surface area contributed by atoms with E-state index in [1.807, 2.05) is 0 Å². The molecule has 0 radical (unpaired) electrons. The van der Waals surface area contributed by atoms with Crippen LogP contribution in [0, 0.1) is 0 Å². The quantitative estimate of drug-likeness (QED) is 0.657. The SMILES string of the molecule is CCC(C)(CO)NS(=O)(=O)c1ccc(C=CC(=O)O)cc1. The normalized spacial score (nSPS) is 15.0. The van der Waals surface area contributed by atoms with E-state index in [1.165, 1.54) is 30.3 Å². The Kier molecular flexibility index (Phi) is 5.65. The molecule has 1 unspecified atom stereocenters. The van der Waals surface area contributed by atoms with Crippen LogP contribution < -0.4 is 4.72 Å². The molecule has 1 atom stereocenters. The molecule has 0 spiro atoms. The van der Waals surface area contributed by atoms with Crippen LogP contribution in [-0.4, -0.2) is 36.7 Å². The molecule has 0 aliphatic carbocycles. The lowest BCUT2D eigenvalue weighted by atomic mass is 10.0. The maximum Gasteiger partial charge on any atom is 0.328 e. The van der Waals surface area contributed by atoms with Crippen molar-refractivity contribution >= 4 is 22.1 Å². The second-order valence-corrected chi connectivity index (χ2v) is 6.60. The van der Waals surface area contributed by atoms with E-state index in [2.05, 4.69) is 4.72 Å². The molecule has 6 nitrogen and oxygen atoms in total. The third-order valence-corrected chi connectivity index (χ3v) is 4.77. The molecule has 0 saturated carbocycles. The average Bonchev–Trinajstić information content (AvgIpc) is 2.45. The summed E-state index contributed by atoms with van der Waals surface area (Å²) in [5.74, 6) is -1.07. The lowest BCUT2D eigenvalue weighted by molar-refractivity contribution is -0.131. The monoisotopic (exact) mass is 313 g/mol. The predicted octanol–water partition coefficient (Wildman–Crippen LogP) is 1.22. The van der Waals surface area contributed by atoms with Crippen molar-refractivity contribution in [2.24, 2.45) is 0 Å². The van der Waals surface area contributed by atoms with Gasteiger partial charge in [-0.1, -0.05) is 19.1 Å². The Bertz CT molecular complexity index is 615. The summed E-state index contributed by atoms with van der Waals surface area (Å²) in [4.78, 5) is 10.5. The summed E-state index contributed by atoms with van der Waals surface area (Å²) in [7, 11) is -3.74. The summed E-state index contributed by atoms with van der Waals surface area (Å²) in [6.45, 7) is 3.09. The zero-order valence-corrected chi connectivity index (χ0v) is 12.7. The minimum Gasteiger partial charge on any atom is -0.478 e. The molecule has 0 fully saturated rings. The summed E-state index contributed by atoms with van der Waals surface area (Å²) < 4.78 is 26.9. The molecule has 1 rings (SSSR count). The number of rotatable bonds is 7. The van der Waals surface area contributed by atoms with Crippen molar-refractivity contribution in [3.63, 3.8) is 0 Å². The number of carbonyl (C=O) groups is 1. The van der Waals surface area contributed by atoms with Crippen LogP contribution >= 0.6 is 0 Å². The van der Waals surface area contributed by atoms with Crippen LogP contribution in [0.1, 0.15) is 25.8 Å². The molecule has 0 heterocycles. The van der Waals surface area contributed by atoms with Crippen molar-refractivity contribution in [2.45, 2.75) is 30.7 Å². The van der Waals surface area contributed by atoms with Gasteiger partial charge in [0.15, 0.2) is 0 Å². The number of aliphatic hydroxyl groups is 1. The summed E-state index contributed by atoms with van der Waals surface area (Å²) in [6.07, 6.45) is 2.79. The summed E-state index contributed by atoms with van der Waals surface area (Å²) in [5, 5.41) is 17.8. The molecule has 3 N–H and O–H groups in total. The van der Waals surface area contributed by atoms with Crippen LogP contribution in [0.15, 0.2) is 35.2 Å². The first kappa shape index (κ1) is 17.4. The van der Waals surface area contributed by atoms with Gasteiger partial charge in [-0.25, -0.2) is 17.9 Å². The molecule has 1 aromatic rings. The Hall–Kier alpha value is -1.70. The van der Waals surface area contributed by atoms with E-state index in [0.29, 0.717) is 12.0 Å². The molecule has 0 bridgehead atoms. The molecule has 0 saturated heterocycles. The van der Waals surface area contributed by atoms with Gasteiger partial charge in [-0.15, -0.1) is 0 Å². The van der Waals surface area contributed by atoms with Crippen LogP contribution in [0.5, 0.6) is 0 Å². The summed E-state index contributed by atoms with van der Waals surface area (Å²) in [6, 6.07) is 5.79. The molecule has 1 aromatic carbocycles. The van der Waals surface area contributed by atoms with E-state index in [0.717, 1.165) is 6.08 Å². The van der Waals surface area contributed by atoms with Crippen molar-refractivity contribution in [2.75, 3.05) is 6.61 Å². The van der Waals surface area contributed by atoms with E-state index < -0.39 is 21.5 Å². The lowest BCUT2D eigenvalue weighted by Gasteiger charge is -2.26. The van der Waals surface area contributed by atoms with E-state index >= 15 is 0 Å². The highest BCUT2D eigenvalue weighted by atomic mass is 32.2. The maximum atomic E-state index is 12.2. The number of aliphatic carboxylic acids is 1. The highest BCUT2D eigenvalue weighted by Crippen LogP contribution is 2.16. The van der Waals surface area contributed by atoms with Crippen LogP contribution in [0.2, 0.25) is 0 Å². The number of sulfonamides is 1. The van der Waals surface area contributed by atoms with Gasteiger partial charge in [0, 0.05) is 6.08 Å². The fraction of sp³-hybridized carbons (Fsp3) is 0.357. The molecular weight excluding hydrogens is 294 g/mol. The Morgan fingerprint density at radius 3 is 2.33 bits per heavy atom. The molecule has 0 amide bonds. The van der Waals surface area contributed by atoms with Gasteiger partial charge in [0.2, 0.25) is 10.0 Å². The van der Waals surface area contributed by atoms with Crippen LogP contribution in [0.4, 0.5) is 0 Å². The topological polar surface area (TPSA) is 104 Å². The minimum atomic E-state index is -3.74. The Labute approximate surface area is 124 Å². The van der Waals surface area contributed by atoms with Gasteiger partial charge in [-0.3, -0.25) is 0 Å². The molecule has 116 valence electrons. The van der Waals surface area contributed by atoms with E-state index in [4.69, 9.17) is 5.11 Å². The Morgan fingerprint density at radius 1 is 1.33 bits per heavy atom. The number of carboxylic acid groups (broad SMARTS) is 1. The van der Waals surface area contributed by atoms with Crippen LogP contribution in [0.25, 0.3) is 6.08 Å². The first-order valence-electron chi connectivity index (χ1n) is 6.38.